The minimum Gasteiger partial charge on any atom is -0.496 e. The molecule has 1 aliphatic rings. The highest BCUT2D eigenvalue weighted by molar-refractivity contribution is 7.87. The van der Waals surface area contributed by atoms with Crippen LogP contribution in [0.1, 0.15) is 15.9 Å². The Bertz CT molecular complexity index is 1290. The third-order valence-electron chi connectivity index (χ3n) is 4.54. The van der Waals surface area contributed by atoms with Gasteiger partial charge in [0.25, 0.3) is 0 Å². The molecule has 0 fully saturated rings. The van der Waals surface area contributed by atoms with Crippen LogP contribution in [-0.2, 0) is 10.1 Å². The first kappa shape index (κ1) is 20.4. The number of para-hydroxylation sites is 1. The summed E-state index contributed by atoms with van der Waals surface area (Å²) in [5.74, 6) is 0.839. The summed E-state index contributed by atoms with van der Waals surface area (Å²) in [4.78, 5) is 12.6. The fourth-order valence-electron chi connectivity index (χ4n) is 3.04. The zero-order valence-corrected chi connectivity index (χ0v) is 17.3. The molecule has 156 valence electrons. The number of rotatable bonds is 6. The third-order valence-corrected chi connectivity index (χ3v) is 5.80. The molecule has 0 N–H and O–H groups in total. The van der Waals surface area contributed by atoms with E-state index in [4.69, 9.17) is 13.7 Å². The summed E-state index contributed by atoms with van der Waals surface area (Å²) in [5, 5.41) is 0. The van der Waals surface area contributed by atoms with Crippen molar-refractivity contribution in [3.63, 3.8) is 0 Å². The van der Waals surface area contributed by atoms with E-state index in [2.05, 4.69) is 0 Å². The SMILES string of the molecule is COc1ccccc1/C=C/C=C1\Oc2cc(OS(=O)(=O)c3ccccc3)ccc2C1=O. The van der Waals surface area contributed by atoms with Crippen LogP contribution in [0.5, 0.6) is 17.2 Å². The Hall–Kier alpha value is -3.84. The molecule has 1 heterocycles. The van der Waals surface area contributed by atoms with Crippen molar-refractivity contribution < 1.29 is 26.9 Å². The van der Waals surface area contributed by atoms with Gasteiger partial charge in [0.2, 0.25) is 5.78 Å². The van der Waals surface area contributed by atoms with E-state index >= 15 is 0 Å². The predicted octanol–water partition coefficient (Wildman–Crippen LogP) is 4.64. The molecule has 7 heteroatoms. The Labute approximate surface area is 180 Å². The number of benzene rings is 3. The fraction of sp³-hybridized carbons (Fsp3) is 0.0417. The van der Waals surface area contributed by atoms with E-state index in [-0.39, 0.29) is 27.9 Å². The average Bonchev–Trinajstić information content (AvgIpc) is 3.09. The number of methoxy groups -OCH3 is 1. The summed E-state index contributed by atoms with van der Waals surface area (Å²) in [6.45, 7) is 0. The number of carbonyl (C=O) groups excluding carboxylic acids is 1. The Morgan fingerprint density at radius 1 is 0.935 bits per heavy atom. The number of Topliss-reactive ketones (excluding diaryl/α,β-unsaturated/α-hetero) is 1. The second-order valence-corrected chi connectivity index (χ2v) is 8.12. The van der Waals surface area contributed by atoms with Gasteiger partial charge in [-0.25, -0.2) is 0 Å². The molecule has 0 aromatic heterocycles. The van der Waals surface area contributed by atoms with E-state index in [9.17, 15) is 13.2 Å². The van der Waals surface area contributed by atoms with Crippen molar-refractivity contribution in [1.82, 2.24) is 0 Å². The highest BCUT2D eigenvalue weighted by atomic mass is 32.2. The second kappa shape index (κ2) is 8.49. The molecule has 0 amide bonds. The van der Waals surface area contributed by atoms with Crippen LogP contribution in [0.3, 0.4) is 0 Å². The summed E-state index contributed by atoms with van der Waals surface area (Å²) in [6.07, 6.45) is 5.04. The molecule has 3 aromatic rings. The summed E-state index contributed by atoms with van der Waals surface area (Å²) in [6, 6.07) is 19.6. The molecule has 0 atom stereocenters. The van der Waals surface area contributed by atoms with Crippen molar-refractivity contribution in [3.8, 4) is 17.2 Å². The largest absolute Gasteiger partial charge is 0.496 e. The standard InChI is InChI=1S/C24H18O6S/c1-28-21-12-6-5-8-17(21)9-7-13-22-24(25)20-15-14-18(16-23(20)29-22)30-31(26,27)19-10-3-2-4-11-19/h2-16H,1H3/b9-7+,22-13-. The number of hydrogen-bond donors (Lipinski definition) is 0. The van der Waals surface area contributed by atoms with Gasteiger partial charge in [0.15, 0.2) is 5.76 Å². The minimum absolute atomic E-state index is 0.0366. The molecule has 6 nitrogen and oxygen atoms in total. The molecule has 4 rings (SSSR count). The lowest BCUT2D eigenvalue weighted by atomic mass is 10.1. The van der Waals surface area contributed by atoms with Crippen LogP contribution < -0.4 is 13.7 Å². The normalized spacial score (nSPS) is 14.5. The fourth-order valence-corrected chi connectivity index (χ4v) is 3.98. The van der Waals surface area contributed by atoms with Gasteiger partial charge in [-0.15, -0.1) is 0 Å². The number of fused-ring (bicyclic) bond motifs is 1. The maximum Gasteiger partial charge on any atom is 0.339 e. The van der Waals surface area contributed by atoms with Crippen LogP contribution in [-0.4, -0.2) is 21.3 Å². The quantitative estimate of drug-likeness (QED) is 0.416. The van der Waals surface area contributed by atoms with Crippen LogP contribution in [0.15, 0.2) is 95.6 Å². The van der Waals surface area contributed by atoms with Gasteiger partial charge in [0.1, 0.15) is 22.1 Å². The van der Waals surface area contributed by atoms with E-state index < -0.39 is 10.1 Å². The summed E-state index contributed by atoms with van der Waals surface area (Å²) in [5.41, 5.74) is 1.19. The third kappa shape index (κ3) is 4.36. The Morgan fingerprint density at radius 2 is 1.68 bits per heavy atom. The Balaban J connectivity index is 1.53. The van der Waals surface area contributed by atoms with Crippen LogP contribution in [0.25, 0.3) is 6.08 Å². The first-order chi connectivity index (χ1) is 15.0. The maximum atomic E-state index is 12.6. The van der Waals surface area contributed by atoms with Crippen molar-refractivity contribution in [2.45, 2.75) is 4.90 Å². The zero-order chi connectivity index (χ0) is 21.8. The molecule has 0 bridgehead atoms. The van der Waals surface area contributed by atoms with Crippen molar-refractivity contribution in [2.75, 3.05) is 7.11 Å². The summed E-state index contributed by atoms with van der Waals surface area (Å²) in [7, 11) is -2.40. The van der Waals surface area contributed by atoms with Crippen LogP contribution in [0.4, 0.5) is 0 Å². The molecule has 0 saturated carbocycles. The maximum absolute atomic E-state index is 12.6. The minimum atomic E-state index is -3.99. The van der Waals surface area contributed by atoms with E-state index in [1.54, 1.807) is 43.5 Å². The topological polar surface area (TPSA) is 78.9 Å². The van der Waals surface area contributed by atoms with Gasteiger partial charge in [-0.1, -0.05) is 48.6 Å². The van der Waals surface area contributed by atoms with E-state index in [1.807, 2.05) is 24.3 Å². The predicted molar refractivity (Wildman–Crippen MR) is 116 cm³/mol. The van der Waals surface area contributed by atoms with E-state index in [0.29, 0.717) is 11.3 Å². The monoisotopic (exact) mass is 434 g/mol. The second-order valence-electron chi connectivity index (χ2n) is 6.57. The average molecular weight is 434 g/mol. The van der Waals surface area contributed by atoms with Gasteiger partial charge in [0, 0.05) is 11.6 Å². The molecule has 0 spiro atoms. The van der Waals surface area contributed by atoms with E-state index in [1.165, 1.54) is 30.3 Å². The number of allylic oxidation sites excluding steroid dienone is 3. The molecular weight excluding hydrogens is 416 g/mol. The summed E-state index contributed by atoms with van der Waals surface area (Å²) < 4.78 is 40.9. The van der Waals surface area contributed by atoms with Gasteiger partial charge in [-0.05, 0) is 36.4 Å². The molecule has 0 radical (unpaired) electrons. The van der Waals surface area contributed by atoms with Crippen molar-refractivity contribution in [1.29, 1.82) is 0 Å². The highest BCUT2D eigenvalue weighted by Crippen LogP contribution is 2.35. The summed E-state index contributed by atoms with van der Waals surface area (Å²) >= 11 is 0. The zero-order valence-electron chi connectivity index (χ0n) is 16.5. The molecule has 0 aliphatic carbocycles. The smallest absolute Gasteiger partial charge is 0.339 e. The molecular formula is C24H18O6S. The van der Waals surface area contributed by atoms with Gasteiger partial charge in [-0.2, -0.15) is 8.42 Å². The van der Waals surface area contributed by atoms with E-state index in [0.717, 1.165) is 5.56 Å². The number of carbonyl (C=O) groups is 1. The number of hydrogen-bond acceptors (Lipinski definition) is 6. The molecule has 0 saturated heterocycles. The van der Waals surface area contributed by atoms with Crippen LogP contribution in [0.2, 0.25) is 0 Å². The lowest BCUT2D eigenvalue weighted by Crippen LogP contribution is -2.09. The first-order valence-electron chi connectivity index (χ1n) is 9.35. The number of ketones is 1. The van der Waals surface area contributed by atoms with Crippen molar-refractivity contribution in [3.05, 3.63) is 102 Å². The van der Waals surface area contributed by atoms with Gasteiger partial charge >= 0.3 is 10.1 Å². The molecule has 3 aromatic carbocycles. The highest BCUT2D eigenvalue weighted by Gasteiger charge is 2.28. The first-order valence-corrected chi connectivity index (χ1v) is 10.8. The Kier molecular flexibility index (Phi) is 5.60. The molecule has 0 unspecified atom stereocenters. The van der Waals surface area contributed by atoms with Gasteiger partial charge in [-0.3, -0.25) is 4.79 Å². The van der Waals surface area contributed by atoms with Crippen molar-refractivity contribution >= 4 is 22.0 Å². The number of ether oxygens (including phenoxy) is 2. The Morgan fingerprint density at radius 3 is 2.45 bits per heavy atom. The van der Waals surface area contributed by atoms with Crippen molar-refractivity contribution in [2.24, 2.45) is 0 Å². The lowest BCUT2D eigenvalue weighted by Gasteiger charge is -2.07. The van der Waals surface area contributed by atoms with Gasteiger partial charge < -0.3 is 13.7 Å². The molecule has 31 heavy (non-hydrogen) atoms. The van der Waals surface area contributed by atoms with Crippen LogP contribution >= 0.6 is 0 Å². The lowest BCUT2D eigenvalue weighted by molar-refractivity contribution is 0.101. The molecule has 1 aliphatic heterocycles. The van der Waals surface area contributed by atoms with Gasteiger partial charge in [0.05, 0.1) is 12.7 Å². The van der Waals surface area contributed by atoms with Crippen LogP contribution in [0, 0.1) is 0 Å².